The molecule has 1 aromatic rings. The van der Waals surface area contributed by atoms with E-state index >= 15 is 0 Å². The largest absolute Gasteiger partial charge is 0.385 e. The first kappa shape index (κ1) is 9.16. The molecular formula is C9H14N2O. The molecule has 0 aliphatic heterocycles. The van der Waals surface area contributed by atoms with Crippen LogP contribution >= 0.6 is 0 Å². The molecular weight excluding hydrogens is 152 g/mol. The quantitative estimate of drug-likeness (QED) is 0.692. The van der Waals surface area contributed by atoms with Gasteiger partial charge in [-0.15, -0.1) is 0 Å². The Morgan fingerprint density at radius 3 is 2.92 bits per heavy atom. The summed E-state index contributed by atoms with van der Waals surface area (Å²) in [7, 11) is 0. The van der Waals surface area contributed by atoms with Gasteiger partial charge in [-0.1, -0.05) is 6.07 Å². The lowest BCUT2D eigenvalue weighted by Crippen LogP contribution is -2.24. The maximum atomic E-state index is 9.87. The third-order valence-electron chi connectivity index (χ3n) is 1.91. The summed E-state index contributed by atoms with van der Waals surface area (Å²) in [6.07, 6.45) is 3.90. The number of aliphatic hydroxyl groups is 1. The number of aromatic nitrogens is 1. The summed E-state index contributed by atoms with van der Waals surface area (Å²) in [5.41, 5.74) is 5.34. The summed E-state index contributed by atoms with van der Waals surface area (Å²) in [6, 6.07) is 3.66. The Kier molecular flexibility index (Phi) is 2.78. The Labute approximate surface area is 72.2 Å². The molecule has 1 rings (SSSR count). The maximum Gasteiger partial charge on any atom is 0.0895 e. The van der Waals surface area contributed by atoms with Crippen molar-refractivity contribution >= 4 is 0 Å². The second-order valence-electron chi connectivity index (χ2n) is 3.05. The van der Waals surface area contributed by atoms with Gasteiger partial charge < -0.3 is 10.8 Å². The van der Waals surface area contributed by atoms with Crippen molar-refractivity contribution in [3.63, 3.8) is 0 Å². The number of hydrogen-bond acceptors (Lipinski definition) is 3. The van der Waals surface area contributed by atoms with Crippen LogP contribution in [0.3, 0.4) is 0 Å². The molecule has 1 unspecified atom stereocenters. The standard InChI is InChI=1S/C9H14N2O/c1-9(12,4-5-10)8-3-2-6-11-7-8/h2-3,6-7,12H,4-5,10H2,1H3. The molecule has 0 saturated carbocycles. The molecule has 1 aromatic heterocycles. The number of pyridine rings is 1. The van der Waals surface area contributed by atoms with E-state index < -0.39 is 5.60 Å². The van der Waals surface area contributed by atoms with Crippen LogP contribution in [0.2, 0.25) is 0 Å². The van der Waals surface area contributed by atoms with Crippen LogP contribution in [-0.2, 0) is 5.60 Å². The van der Waals surface area contributed by atoms with E-state index in [0.29, 0.717) is 13.0 Å². The van der Waals surface area contributed by atoms with Crippen LogP contribution < -0.4 is 5.73 Å². The zero-order valence-electron chi connectivity index (χ0n) is 7.20. The highest BCUT2D eigenvalue weighted by Crippen LogP contribution is 2.22. The van der Waals surface area contributed by atoms with E-state index in [1.807, 2.05) is 6.07 Å². The van der Waals surface area contributed by atoms with Gasteiger partial charge >= 0.3 is 0 Å². The van der Waals surface area contributed by atoms with E-state index in [-0.39, 0.29) is 0 Å². The molecule has 0 bridgehead atoms. The molecule has 1 atom stereocenters. The molecule has 3 nitrogen and oxygen atoms in total. The van der Waals surface area contributed by atoms with Gasteiger partial charge in [0.05, 0.1) is 5.60 Å². The number of nitrogens with zero attached hydrogens (tertiary/aromatic N) is 1. The third kappa shape index (κ3) is 2.03. The first-order chi connectivity index (χ1) is 5.67. The molecule has 1 heterocycles. The molecule has 66 valence electrons. The minimum atomic E-state index is -0.844. The fraction of sp³-hybridized carbons (Fsp3) is 0.444. The Balaban J connectivity index is 2.82. The average molecular weight is 166 g/mol. The van der Waals surface area contributed by atoms with Crippen molar-refractivity contribution < 1.29 is 5.11 Å². The normalized spacial score (nSPS) is 15.6. The zero-order chi connectivity index (χ0) is 9.03. The highest BCUT2D eigenvalue weighted by Gasteiger charge is 2.21. The second-order valence-corrected chi connectivity index (χ2v) is 3.05. The summed E-state index contributed by atoms with van der Waals surface area (Å²) in [6.45, 7) is 2.22. The summed E-state index contributed by atoms with van der Waals surface area (Å²) in [5, 5.41) is 9.87. The van der Waals surface area contributed by atoms with Gasteiger partial charge in [0.15, 0.2) is 0 Å². The Bertz CT molecular complexity index is 234. The van der Waals surface area contributed by atoms with Gasteiger partial charge in [-0.2, -0.15) is 0 Å². The lowest BCUT2D eigenvalue weighted by molar-refractivity contribution is 0.0501. The van der Waals surface area contributed by atoms with E-state index in [1.165, 1.54) is 0 Å². The van der Waals surface area contributed by atoms with Crippen molar-refractivity contribution in [2.24, 2.45) is 5.73 Å². The summed E-state index contributed by atoms with van der Waals surface area (Å²) in [5.74, 6) is 0. The van der Waals surface area contributed by atoms with Crippen LogP contribution in [0.1, 0.15) is 18.9 Å². The molecule has 0 spiro atoms. The van der Waals surface area contributed by atoms with Crippen molar-refractivity contribution in [2.45, 2.75) is 18.9 Å². The molecule has 0 aliphatic carbocycles. The van der Waals surface area contributed by atoms with E-state index in [9.17, 15) is 5.11 Å². The van der Waals surface area contributed by atoms with Crippen molar-refractivity contribution in [2.75, 3.05) is 6.54 Å². The number of rotatable bonds is 3. The van der Waals surface area contributed by atoms with E-state index in [2.05, 4.69) is 4.98 Å². The van der Waals surface area contributed by atoms with Crippen LogP contribution in [0.4, 0.5) is 0 Å². The molecule has 12 heavy (non-hydrogen) atoms. The minimum absolute atomic E-state index is 0.474. The van der Waals surface area contributed by atoms with E-state index in [0.717, 1.165) is 5.56 Å². The Morgan fingerprint density at radius 1 is 1.67 bits per heavy atom. The highest BCUT2D eigenvalue weighted by atomic mass is 16.3. The molecule has 0 aromatic carbocycles. The fourth-order valence-electron chi connectivity index (χ4n) is 1.11. The van der Waals surface area contributed by atoms with Crippen molar-refractivity contribution in [3.8, 4) is 0 Å². The Hall–Kier alpha value is -0.930. The van der Waals surface area contributed by atoms with Crippen LogP contribution in [0.25, 0.3) is 0 Å². The van der Waals surface area contributed by atoms with Gasteiger partial charge in [0.25, 0.3) is 0 Å². The first-order valence-corrected chi connectivity index (χ1v) is 4.00. The van der Waals surface area contributed by atoms with Crippen LogP contribution in [-0.4, -0.2) is 16.6 Å². The minimum Gasteiger partial charge on any atom is -0.385 e. The molecule has 3 N–H and O–H groups in total. The predicted octanol–water partition coefficient (Wildman–Crippen LogP) is 0.638. The molecule has 0 radical (unpaired) electrons. The van der Waals surface area contributed by atoms with Crippen molar-refractivity contribution in [3.05, 3.63) is 30.1 Å². The first-order valence-electron chi connectivity index (χ1n) is 4.00. The molecule has 3 heteroatoms. The smallest absolute Gasteiger partial charge is 0.0895 e. The lowest BCUT2D eigenvalue weighted by atomic mass is 9.94. The zero-order valence-corrected chi connectivity index (χ0v) is 7.20. The van der Waals surface area contributed by atoms with Gasteiger partial charge in [0.2, 0.25) is 0 Å². The summed E-state index contributed by atoms with van der Waals surface area (Å²) in [4.78, 5) is 3.93. The van der Waals surface area contributed by atoms with Crippen LogP contribution in [0.15, 0.2) is 24.5 Å². The number of nitrogens with two attached hydrogens (primary N) is 1. The highest BCUT2D eigenvalue weighted by molar-refractivity contribution is 5.16. The van der Waals surface area contributed by atoms with Gasteiger partial charge in [0.1, 0.15) is 0 Å². The predicted molar refractivity (Wildman–Crippen MR) is 47.5 cm³/mol. The van der Waals surface area contributed by atoms with Crippen molar-refractivity contribution in [1.29, 1.82) is 0 Å². The number of hydrogen-bond donors (Lipinski definition) is 2. The monoisotopic (exact) mass is 166 g/mol. The lowest BCUT2D eigenvalue weighted by Gasteiger charge is -2.22. The van der Waals surface area contributed by atoms with Crippen molar-refractivity contribution in [1.82, 2.24) is 4.98 Å². The second kappa shape index (κ2) is 3.65. The molecule has 0 amide bonds. The van der Waals surface area contributed by atoms with Gasteiger partial charge in [-0.25, -0.2) is 0 Å². The van der Waals surface area contributed by atoms with E-state index in [1.54, 1.807) is 25.4 Å². The molecule has 0 fully saturated rings. The maximum absolute atomic E-state index is 9.87. The van der Waals surface area contributed by atoms with E-state index in [4.69, 9.17) is 5.73 Å². The SMILES string of the molecule is CC(O)(CCN)c1cccnc1. The third-order valence-corrected chi connectivity index (χ3v) is 1.91. The van der Waals surface area contributed by atoms with Gasteiger partial charge in [-0.05, 0) is 26.0 Å². The Morgan fingerprint density at radius 2 is 2.42 bits per heavy atom. The molecule has 0 aliphatic rings. The molecule has 0 saturated heterocycles. The summed E-state index contributed by atoms with van der Waals surface area (Å²) < 4.78 is 0. The average Bonchev–Trinajstić information content (AvgIpc) is 2.06. The van der Waals surface area contributed by atoms with Crippen LogP contribution in [0.5, 0.6) is 0 Å². The van der Waals surface area contributed by atoms with Gasteiger partial charge in [-0.3, -0.25) is 4.98 Å². The van der Waals surface area contributed by atoms with Gasteiger partial charge in [0, 0.05) is 18.0 Å². The van der Waals surface area contributed by atoms with Crippen LogP contribution in [0, 0.1) is 0 Å². The topological polar surface area (TPSA) is 59.1 Å². The summed E-state index contributed by atoms with van der Waals surface area (Å²) >= 11 is 0. The fourth-order valence-corrected chi connectivity index (χ4v) is 1.11.